The SMILES string of the molecule is C[NH+](CC(=O)Nc1ccc(Cl)cc1)CC(=O)N1CCC[C@@H](C(N)=O)C1. The molecule has 0 radical (unpaired) electrons. The Balaban J connectivity index is 1.79. The van der Waals surface area contributed by atoms with Crippen LogP contribution in [0.4, 0.5) is 5.69 Å². The Labute approximate surface area is 152 Å². The molecule has 1 aliphatic heterocycles. The first-order chi connectivity index (χ1) is 11.8. The number of nitrogens with one attached hydrogen (secondary N) is 2. The van der Waals surface area contributed by atoms with E-state index in [1.807, 2.05) is 0 Å². The van der Waals surface area contributed by atoms with Gasteiger partial charge >= 0.3 is 0 Å². The van der Waals surface area contributed by atoms with Gasteiger partial charge < -0.3 is 20.9 Å². The summed E-state index contributed by atoms with van der Waals surface area (Å²) in [6, 6.07) is 6.84. The minimum absolute atomic E-state index is 0.0669. The summed E-state index contributed by atoms with van der Waals surface area (Å²) < 4.78 is 0. The van der Waals surface area contributed by atoms with Crippen molar-refractivity contribution < 1.29 is 19.3 Å². The molecule has 0 spiro atoms. The third-order valence-corrected chi connectivity index (χ3v) is 4.47. The van der Waals surface area contributed by atoms with Crippen molar-refractivity contribution in [3.8, 4) is 0 Å². The van der Waals surface area contributed by atoms with Crippen LogP contribution in [0.1, 0.15) is 12.8 Å². The summed E-state index contributed by atoms with van der Waals surface area (Å²) in [5, 5.41) is 3.37. The Bertz CT molecular complexity index is 635. The highest BCUT2D eigenvalue weighted by molar-refractivity contribution is 6.30. The molecular weight excluding hydrogens is 344 g/mol. The number of primary amides is 1. The molecule has 1 heterocycles. The Morgan fingerprint density at radius 3 is 2.60 bits per heavy atom. The molecule has 0 aliphatic carbocycles. The van der Waals surface area contributed by atoms with Gasteiger partial charge in [-0.25, -0.2) is 0 Å². The summed E-state index contributed by atoms with van der Waals surface area (Å²) in [4.78, 5) is 38.2. The molecule has 0 bridgehead atoms. The van der Waals surface area contributed by atoms with E-state index in [9.17, 15) is 14.4 Å². The van der Waals surface area contributed by atoms with Gasteiger partial charge in [-0.05, 0) is 37.1 Å². The number of likely N-dealkylation sites (tertiary alicyclic amines) is 1. The van der Waals surface area contributed by atoms with Crippen LogP contribution >= 0.6 is 11.6 Å². The highest BCUT2D eigenvalue weighted by Crippen LogP contribution is 2.15. The molecule has 1 fully saturated rings. The van der Waals surface area contributed by atoms with Crippen molar-refractivity contribution in [3.05, 3.63) is 29.3 Å². The Kier molecular flexibility index (Phi) is 6.78. The van der Waals surface area contributed by atoms with E-state index < -0.39 is 0 Å². The largest absolute Gasteiger partial charge is 0.369 e. The number of quaternary nitrogens is 1. The molecule has 8 heteroatoms. The first-order valence-corrected chi connectivity index (χ1v) is 8.66. The fourth-order valence-corrected chi connectivity index (χ4v) is 3.01. The molecule has 2 atom stereocenters. The molecule has 1 aromatic rings. The van der Waals surface area contributed by atoms with Crippen LogP contribution in [-0.4, -0.2) is 55.8 Å². The Hall–Kier alpha value is -2.12. The zero-order chi connectivity index (χ0) is 18.4. The third kappa shape index (κ3) is 6.03. The number of hydrogen-bond acceptors (Lipinski definition) is 3. The number of hydrogen-bond donors (Lipinski definition) is 3. The van der Waals surface area contributed by atoms with Gasteiger partial charge in [-0.2, -0.15) is 0 Å². The predicted octanol–water partition coefficient (Wildman–Crippen LogP) is -0.483. The van der Waals surface area contributed by atoms with Gasteiger partial charge in [0.2, 0.25) is 5.91 Å². The van der Waals surface area contributed by atoms with E-state index >= 15 is 0 Å². The van der Waals surface area contributed by atoms with Crippen LogP contribution in [-0.2, 0) is 14.4 Å². The lowest BCUT2D eigenvalue weighted by Crippen LogP contribution is -3.11. The zero-order valence-electron chi connectivity index (χ0n) is 14.3. The van der Waals surface area contributed by atoms with Crippen LogP contribution in [0.15, 0.2) is 24.3 Å². The first kappa shape index (κ1) is 19.2. The van der Waals surface area contributed by atoms with Gasteiger partial charge in [0.05, 0.1) is 13.0 Å². The van der Waals surface area contributed by atoms with Crippen molar-refractivity contribution in [2.75, 3.05) is 38.5 Å². The number of rotatable bonds is 6. The lowest BCUT2D eigenvalue weighted by molar-refractivity contribution is -0.862. The molecule has 1 unspecified atom stereocenters. The first-order valence-electron chi connectivity index (χ1n) is 8.29. The minimum atomic E-state index is -0.361. The van der Waals surface area contributed by atoms with Crippen LogP contribution in [0.2, 0.25) is 5.02 Å². The zero-order valence-corrected chi connectivity index (χ0v) is 15.0. The third-order valence-electron chi connectivity index (χ3n) is 4.22. The van der Waals surface area contributed by atoms with Gasteiger partial charge in [-0.1, -0.05) is 11.6 Å². The number of nitrogens with zero attached hydrogens (tertiary/aromatic N) is 1. The summed E-state index contributed by atoms with van der Waals surface area (Å²) in [5.74, 6) is -0.879. The molecule has 1 saturated heterocycles. The standard InChI is InChI=1S/C17H23ClN4O3/c1-21(10-15(23)20-14-6-4-13(18)5-7-14)11-16(24)22-8-2-3-12(9-22)17(19)25/h4-7,12H,2-3,8-11H2,1H3,(H2,19,25)(H,20,23)/p+1/t12-/m1/s1. The molecule has 0 aromatic heterocycles. The quantitative estimate of drug-likeness (QED) is 0.633. The van der Waals surface area contributed by atoms with E-state index in [1.165, 1.54) is 0 Å². The molecule has 1 aromatic carbocycles. The van der Waals surface area contributed by atoms with Crippen LogP contribution in [0, 0.1) is 5.92 Å². The van der Waals surface area contributed by atoms with E-state index in [2.05, 4.69) is 5.32 Å². The van der Waals surface area contributed by atoms with Crippen LogP contribution in [0.3, 0.4) is 0 Å². The maximum Gasteiger partial charge on any atom is 0.279 e. The topological polar surface area (TPSA) is 96.9 Å². The van der Waals surface area contributed by atoms with Crippen molar-refractivity contribution in [2.24, 2.45) is 11.7 Å². The van der Waals surface area contributed by atoms with Gasteiger partial charge in [0, 0.05) is 23.8 Å². The number of likely N-dealkylation sites (N-methyl/N-ethyl adjacent to an activating group) is 1. The van der Waals surface area contributed by atoms with Crippen LogP contribution < -0.4 is 16.0 Å². The Morgan fingerprint density at radius 1 is 1.28 bits per heavy atom. The van der Waals surface area contributed by atoms with Crippen molar-refractivity contribution in [3.63, 3.8) is 0 Å². The van der Waals surface area contributed by atoms with E-state index in [-0.39, 0.29) is 36.7 Å². The second-order valence-electron chi connectivity index (χ2n) is 6.45. The molecule has 25 heavy (non-hydrogen) atoms. The number of halogens is 1. The summed E-state index contributed by atoms with van der Waals surface area (Å²) in [7, 11) is 1.79. The fourth-order valence-electron chi connectivity index (χ4n) is 2.88. The van der Waals surface area contributed by atoms with Crippen LogP contribution in [0.25, 0.3) is 0 Å². The highest BCUT2D eigenvalue weighted by atomic mass is 35.5. The van der Waals surface area contributed by atoms with E-state index in [0.717, 1.165) is 17.7 Å². The van der Waals surface area contributed by atoms with Gasteiger partial charge in [0.15, 0.2) is 13.1 Å². The van der Waals surface area contributed by atoms with Crippen LogP contribution in [0.5, 0.6) is 0 Å². The van der Waals surface area contributed by atoms with Gasteiger partial charge in [-0.15, -0.1) is 0 Å². The number of anilines is 1. The van der Waals surface area contributed by atoms with Crippen molar-refractivity contribution in [1.29, 1.82) is 0 Å². The molecule has 7 nitrogen and oxygen atoms in total. The highest BCUT2D eigenvalue weighted by Gasteiger charge is 2.28. The number of piperidine rings is 1. The maximum absolute atomic E-state index is 12.4. The smallest absolute Gasteiger partial charge is 0.279 e. The molecule has 3 amide bonds. The van der Waals surface area contributed by atoms with E-state index in [4.69, 9.17) is 17.3 Å². The average Bonchev–Trinajstić information content (AvgIpc) is 2.56. The lowest BCUT2D eigenvalue weighted by Gasteiger charge is -2.31. The number of carbonyl (C=O) groups excluding carboxylic acids is 3. The number of nitrogens with two attached hydrogens (primary N) is 1. The molecule has 4 N–H and O–H groups in total. The van der Waals surface area contributed by atoms with Crippen molar-refractivity contribution in [1.82, 2.24) is 4.90 Å². The minimum Gasteiger partial charge on any atom is -0.369 e. The summed E-state index contributed by atoms with van der Waals surface area (Å²) in [5.41, 5.74) is 6.00. The number of amides is 3. The predicted molar refractivity (Wildman–Crippen MR) is 95.2 cm³/mol. The normalized spacial score (nSPS) is 18.5. The second kappa shape index (κ2) is 8.82. The molecule has 2 rings (SSSR count). The van der Waals surface area contributed by atoms with Gasteiger partial charge in [-0.3, -0.25) is 14.4 Å². The van der Waals surface area contributed by atoms with E-state index in [0.29, 0.717) is 23.8 Å². The molecule has 1 aliphatic rings. The summed E-state index contributed by atoms with van der Waals surface area (Å²) >= 11 is 5.81. The molecule has 136 valence electrons. The number of carbonyl (C=O) groups is 3. The number of benzene rings is 1. The monoisotopic (exact) mass is 367 g/mol. The van der Waals surface area contributed by atoms with Crippen molar-refractivity contribution in [2.45, 2.75) is 12.8 Å². The molecular formula is C17H24ClN4O3+. The summed E-state index contributed by atoms with van der Waals surface area (Å²) in [6.45, 7) is 1.37. The Morgan fingerprint density at radius 2 is 1.96 bits per heavy atom. The lowest BCUT2D eigenvalue weighted by atomic mass is 9.97. The maximum atomic E-state index is 12.4. The second-order valence-corrected chi connectivity index (χ2v) is 6.88. The fraction of sp³-hybridized carbons (Fsp3) is 0.471. The van der Waals surface area contributed by atoms with E-state index in [1.54, 1.807) is 36.2 Å². The average molecular weight is 368 g/mol. The summed E-state index contributed by atoms with van der Waals surface area (Å²) in [6.07, 6.45) is 1.50. The van der Waals surface area contributed by atoms with Gasteiger partial charge in [0.25, 0.3) is 11.8 Å². The van der Waals surface area contributed by atoms with Gasteiger partial charge in [0.1, 0.15) is 0 Å². The molecule has 0 saturated carbocycles. The van der Waals surface area contributed by atoms with Crippen molar-refractivity contribution >= 4 is 35.0 Å².